The van der Waals surface area contributed by atoms with Gasteiger partial charge in [-0.25, -0.2) is 9.59 Å². The summed E-state index contributed by atoms with van der Waals surface area (Å²) in [5, 5.41) is 0. The van der Waals surface area contributed by atoms with Crippen molar-refractivity contribution < 1.29 is 38.1 Å². The molecular formula is C26H38O8. The van der Waals surface area contributed by atoms with Crippen molar-refractivity contribution in [3.63, 3.8) is 0 Å². The summed E-state index contributed by atoms with van der Waals surface area (Å²) in [6, 6.07) is 6.06. The Kier molecular flexibility index (Phi) is 16.1. The van der Waals surface area contributed by atoms with Gasteiger partial charge in [0.15, 0.2) is 0 Å². The number of hydrogen-bond donors (Lipinski definition) is 0. The molecule has 0 radical (unpaired) electrons. The van der Waals surface area contributed by atoms with Crippen LogP contribution in [0.1, 0.15) is 91.8 Å². The lowest BCUT2D eigenvalue weighted by Crippen LogP contribution is -2.11. The van der Waals surface area contributed by atoms with Gasteiger partial charge in [0.1, 0.15) is 5.78 Å². The average molecular weight is 479 g/mol. The zero-order valence-corrected chi connectivity index (χ0v) is 20.5. The Balaban J connectivity index is 2.08. The Morgan fingerprint density at radius 1 is 0.588 bits per heavy atom. The van der Waals surface area contributed by atoms with Gasteiger partial charge in [-0.05, 0) is 44.0 Å². The van der Waals surface area contributed by atoms with Crippen molar-refractivity contribution in [2.24, 2.45) is 0 Å². The third-order valence-electron chi connectivity index (χ3n) is 5.03. The smallest absolute Gasteiger partial charge is 0.338 e. The van der Waals surface area contributed by atoms with Gasteiger partial charge < -0.3 is 23.7 Å². The Labute approximate surface area is 202 Å². The fourth-order valence-corrected chi connectivity index (χ4v) is 3.11. The Bertz CT molecular complexity index is 742. The number of carbonyl (C=O) groups is 4. The summed E-state index contributed by atoms with van der Waals surface area (Å²) < 4.78 is 20.4. The van der Waals surface area contributed by atoms with E-state index in [2.05, 4.69) is 0 Å². The third kappa shape index (κ3) is 14.4. The highest BCUT2D eigenvalue weighted by molar-refractivity contribution is 5.93. The van der Waals surface area contributed by atoms with E-state index in [1.165, 1.54) is 24.3 Å². The van der Waals surface area contributed by atoms with Gasteiger partial charge >= 0.3 is 17.9 Å². The normalized spacial score (nSPS) is 10.5. The molecule has 0 aliphatic carbocycles. The molecule has 190 valence electrons. The number of methoxy groups -OCH3 is 1. The van der Waals surface area contributed by atoms with E-state index in [0.29, 0.717) is 43.4 Å². The fourth-order valence-electron chi connectivity index (χ4n) is 3.11. The molecule has 34 heavy (non-hydrogen) atoms. The van der Waals surface area contributed by atoms with E-state index in [1.807, 2.05) is 0 Å². The van der Waals surface area contributed by atoms with Gasteiger partial charge in [0.25, 0.3) is 0 Å². The van der Waals surface area contributed by atoms with Crippen LogP contribution in [0.3, 0.4) is 0 Å². The quantitative estimate of drug-likeness (QED) is 0.160. The zero-order chi connectivity index (χ0) is 25.0. The van der Waals surface area contributed by atoms with Gasteiger partial charge in [-0.3, -0.25) is 4.79 Å². The molecule has 0 aliphatic rings. The van der Waals surface area contributed by atoms with Crippen LogP contribution in [0.5, 0.6) is 0 Å². The summed E-state index contributed by atoms with van der Waals surface area (Å²) in [7, 11) is 1.58. The summed E-state index contributed by atoms with van der Waals surface area (Å²) in [5.74, 6) is -0.968. The van der Waals surface area contributed by atoms with E-state index >= 15 is 0 Å². The van der Waals surface area contributed by atoms with E-state index in [1.54, 1.807) is 14.0 Å². The second-order valence-corrected chi connectivity index (χ2v) is 8.09. The largest absolute Gasteiger partial charge is 0.466 e. The van der Waals surface area contributed by atoms with Crippen molar-refractivity contribution in [2.75, 3.05) is 33.5 Å². The van der Waals surface area contributed by atoms with Crippen molar-refractivity contribution in [2.45, 2.75) is 71.1 Å². The van der Waals surface area contributed by atoms with Gasteiger partial charge in [-0.1, -0.05) is 25.7 Å². The minimum Gasteiger partial charge on any atom is -0.466 e. The monoisotopic (exact) mass is 478 g/mol. The first-order valence-corrected chi connectivity index (χ1v) is 12.0. The van der Waals surface area contributed by atoms with E-state index in [0.717, 1.165) is 38.5 Å². The molecule has 0 amide bonds. The summed E-state index contributed by atoms with van der Waals surface area (Å²) in [6.45, 7) is 2.73. The SMILES string of the molecule is COCCCOC(=O)c1ccc(C(=O)OCCCOC(=O)CCCCCCCCC(C)=O)cc1. The number of unbranched alkanes of at least 4 members (excludes halogenated alkanes) is 5. The number of carbonyl (C=O) groups excluding carboxylic acids is 4. The molecule has 0 atom stereocenters. The Hall–Kier alpha value is -2.74. The molecule has 0 aromatic heterocycles. The number of esters is 3. The minimum atomic E-state index is -0.505. The predicted octanol–water partition coefficient (Wildman–Crippen LogP) is 4.68. The average Bonchev–Trinajstić information content (AvgIpc) is 2.83. The lowest BCUT2D eigenvalue weighted by Gasteiger charge is -2.07. The van der Waals surface area contributed by atoms with Crippen LogP contribution in [0, 0.1) is 0 Å². The highest BCUT2D eigenvalue weighted by Crippen LogP contribution is 2.10. The number of ether oxygens (including phenoxy) is 4. The maximum absolute atomic E-state index is 12.1. The molecule has 0 fully saturated rings. The summed E-state index contributed by atoms with van der Waals surface area (Å²) in [4.78, 5) is 46.6. The van der Waals surface area contributed by atoms with E-state index < -0.39 is 11.9 Å². The van der Waals surface area contributed by atoms with Crippen LogP contribution in [0.2, 0.25) is 0 Å². The Morgan fingerprint density at radius 2 is 1.03 bits per heavy atom. The second-order valence-electron chi connectivity index (χ2n) is 8.09. The van der Waals surface area contributed by atoms with Crippen molar-refractivity contribution in [1.29, 1.82) is 0 Å². The first kappa shape index (κ1) is 29.3. The molecule has 1 aromatic carbocycles. The van der Waals surface area contributed by atoms with E-state index in [-0.39, 0.29) is 31.6 Å². The highest BCUT2D eigenvalue weighted by atomic mass is 16.5. The van der Waals surface area contributed by atoms with Crippen LogP contribution in [-0.4, -0.2) is 57.2 Å². The molecule has 8 nitrogen and oxygen atoms in total. The van der Waals surface area contributed by atoms with Crippen LogP contribution in [-0.2, 0) is 28.5 Å². The maximum Gasteiger partial charge on any atom is 0.338 e. The van der Waals surface area contributed by atoms with Gasteiger partial charge in [0.2, 0.25) is 0 Å². The van der Waals surface area contributed by atoms with Gasteiger partial charge in [-0.2, -0.15) is 0 Å². The molecule has 0 saturated heterocycles. The molecule has 0 aliphatic heterocycles. The van der Waals surface area contributed by atoms with Crippen LogP contribution >= 0.6 is 0 Å². The minimum absolute atomic E-state index is 0.135. The standard InChI is InChI=1S/C26H38O8/c1-21(27)11-7-5-3-4-6-8-12-24(28)32-18-10-20-34-26(30)23-15-13-22(14-16-23)25(29)33-19-9-17-31-2/h13-16H,3-12,17-20H2,1-2H3. The summed E-state index contributed by atoms with van der Waals surface area (Å²) >= 11 is 0. The third-order valence-corrected chi connectivity index (χ3v) is 5.03. The molecular weight excluding hydrogens is 440 g/mol. The molecule has 0 spiro atoms. The molecule has 1 rings (SSSR count). The van der Waals surface area contributed by atoms with Crippen molar-refractivity contribution in [3.8, 4) is 0 Å². The second kappa shape index (κ2) is 18.7. The summed E-state index contributed by atoms with van der Waals surface area (Å²) in [6.07, 6.45) is 7.95. The van der Waals surface area contributed by atoms with Crippen LogP contribution in [0.25, 0.3) is 0 Å². The topological polar surface area (TPSA) is 105 Å². The molecule has 8 heteroatoms. The van der Waals surface area contributed by atoms with Gasteiger partial charge in [0.05, 0.1) is 30.9 Å². The van der Waals surface area contributed by atoms with Crippen molar-refractivity contribution >= 4 is 23.7 Å². The van der Waals surface area contributed by atoms with Crippen molar-refractivity contribution in [3.05, 3.63) is 35.4 Å². The predicted molar refractivity (Wildman–Crippen MR) is 127 cm³/mol. The lowest BCUT2D eigenvalue weighted by molar-refractivity contribution is -0.144. The molecule has 0 N–H and O–H groups in total. The molecule has 0 bridgehead atoms. The molecule has 0 saturated carbocycles. The molecule has 0 unspecified atom stereocenters. The zero-order valence-electron chi connectivity index (χ0n) is 20.5. The van der Waals surface area contributed by atoms with Crippen LogP contribution < -0.4 is 0 Å². The fraction of sp³-hybridized carbons (Fsp3) is 0.615. The lowest BCUT2D eigenvalue weighted by atomic mass is 10.1. The number of rotatable bonds is 19. The molecule has 0 heterocycles. The maximum atomic E-state index is 12.1. The Morgan fingerprint density at radius 3 is 1.53 bits per heavy atom. The van der Waals surface area contributed by atoms with E-state index in [4.69, 9.17) is 18.9 Å². The van der Waals surface area contributed by atoms with Gasteiger partial charge in [0, 0.05) is 39.4 Å². The first-order valence-electron chi connectivity index (χ1n) is 12.0. The van der Waals surface area contributed by atoms with Crippen molar-refractivity contribution in [1.82, 2.24) is 0 Å². The first-order chi connectivity index (χ1) is 16.4. The van der Waals surface area contributed by atoms with E-state index in [9.17, 15) is 19.2 Å². The number of hydrogen-bond acceptors (Lipinski definition) is 8. The molecule has 1 aromatic rings. The highest BCUT2D eigenvalue weighted by Gasteiger charge is 2.11. The van der Waals surface area contributed by atoms with Gasteiger partial charge in [-0.15, -0.1) is 0 Å². The summed E-state index contributed by atoms with van der Waals surface area (Å²) in [5.41, 5.74) is 0.683. The number of benzene rings is 1. The number of ketones is 1. The van der Waals surface area contributed by atoms with Crippen LogP contribution in [0.4, 0.5) is 0 Å². The number of Topliss-reactive ketones (excluding diaryl/α,β-unsaturated/α-hetero) is 1. The van der Waals surface area contributed by atoms with Crippen LogP contribution in [0.15, 0.2) is 24.3 Å².